The molecule has 2 heteroatoms. The maximum atomic E-state index is 3.71. The van der Waals surface area contributed by atoms with E-state index in [0.29, 0.717) is 5.54 Å². The summed E-state index contributed by atoms with van der Waals surface area (Å²) in [5.74, 6) is 0. The molecule has 14 heavy (non-hydrogen) atoms. The van der Waals surface area contributed by atoms with Crippen molar-refractivity contribution >= 4 is 11.3 Å². The Kier molecular flexibility index (Phi) is 2.93. The lowest BCUT2D eigenvalue weighted by Crippen LogP contribution is -2.35. The Morgan fingerprint density at radius 1 is 1.50 bits per heavy atom. The zero-order chi connectivity index (χ0) is 10.0. The average Bonchev–Trinajstić information content (AvgIpc) is 2.75. The molecule has 0 aromatic carbocycles. The summed E-state index contributed by atoms with van der Waals surface area (Å²) in [6, 6.07) is 4.56. The molecule has 2 rings (SSSR count). The third kappa shape index (κ3) is 1.73. The van der Waals surface area contributed by atoms with Gasteiger partial charge in [-0.2, -0.15) is 0 Å². The van der Waals surface area contributed by atoms with Gasteiger partial charge < -0.3 is 5.32 Å². The zero-order valence-electron chi connectivity index (χ0n) is 9.10. The van der Waals surface area contributed by atoms with Crippen LogP contribution in [0.25, 0.3) is 0 Å². The zero-order valence-corrected chi connectivity index (χ0v) is 9.91. The van der Waals surface area contributed by atoms with Crippen molar-refractivity contribution in [2.75, 3.05) is 6.54 Å². The fourth-order valence-corrected chi connectivity index (χ4v) is 3.56. The molecule has 1 aromatic heterocycles. The first-order valence-corrected chi connectivity index (χ1v) is 6.40. The van der Waals surface area contributed by atoms with Gasteiger partial charge in [0.25, 0.3) is 0 Å². The van der Waals surface area contributed by atoms with E-state index in [9.17, 15) is 0 Å². The molecule has 0 amide bonds. The molecule has 1 aromatic rings. The number of rotatable bonds is 3. The monoisotopic (exact) mass is 209 g/mol. The van der Waals surface area contributed by atoms with Crippen LogP contribution in [0.1, 0.15) is 42.4 Å². The van der Waals surface area contributed by atoms with Gasteiger partial charge in [0.2, 0.25) is 0 Å². The van der Waals surface area contributed by atoms with Crippen molar-refractivity contribution < 1.29 is 0 Å². The van der Waals surface area contributed by atoms with Gasteiger partial charge in [-0.1, -0.05) is 13.3 Å². The SMILES string of the molecule is CCCC1(c2ccc(C)s2)CCCN1. The summed E-state index contributed by atoms with van der Waals surface area (Å²) in [6.07, 6.45) is 5.20. The summed E-state index contributed by atoms with van der Waals surface area (Å²) in [7, 11) is 0. The molecule has 0 radical (unpaired) electrons. The highest BCUT2D eigenvalue weighted by Gasteiger charge is 2.35. The van der Waals surface area contributed by atoms with Crippen molar-refractivity contribution in [3.05, 3.63) is 21.9 Å². The van der Waals surface area contributed by atoms with Gasteiger partial charge in [-0.25, -0.2) is 0 Å². The second-order valence-electron chi connectivity index (χ2n) is 4.27. The Balaban J connectivity index is 2.26. The van der Waals surface area contributed by atoms with E-state index < -0.39 is 0 Å². The van der Waals surface area contributed by atoms with Gasteiger partial charge in [0.1, 0.15) is 0 Å². The van der Waals surface area contributed by atoms with Gasteiger partial charge >= 0.3 is 0 Å². The summed E-state index contributed by atoms with van der Waals surface area (Å²) < 4.78 is 0. The second-order valence-corrected chi connectivity index (χ2v) is 5.56. The van der Waals surface area contributed by atoms with E-state index in [1.54, 1.807) is 4.88 Å². The summed E-state index contributed by atoms with van der Waals surface area (Å²) >= 11 is 1.96. The second kappa shape index (κ2) is 4.03. The predicted octanol–water partition coefficient (Wildman–Crippen LogP) is 3.44. The van der Waals surface area contributed by atoms with E-state index in [0.717, 1.165) is 0 Å². The van der Waals surface area contributed by atoms with Crippen LogP contribution in [-0.2, 0) is 5.54 Å². The molecule has 2 heterocycles. The smallest absolute Gasteiger partial charge is 0.0529 e. The van der Waals surface area contributed by atoms with Crippen molar-refractivity contribution in [2.45, 2.75) is 45.1 Å². The molecule has 1 nitrogen and oxygen atoms in total. The minimum atomic E-state index is 0.327. The van der Waals surface area contributed by atoms with Crippen molar-refractivity contribution in [2.24, 2.45) is 0 Å². The van der Waals surface area contributed by atoms with Gasteiger partial charge in [-0.05, 0) is 44.9 Å². The molecule has 78 valence electrons. The topological polar surface area (TPSA) is 12.0 Å². The van der Waals surface area contributed by atoms with Crippen LogP contribution in [0.4, 0.5) is 0 Å². The molecule has 0 spiro atoms. The summed E-state index contributed by atoms with van der Waals surface area (Å²) in [5, 5.41) is 3.71. The van der Waals surface area contributed by atoms with Crippen LogP contribution in [0.2, 0.25) is 0 Å². The number of nitrogens with one attached hydrogen (secondary N) is 1. The van der Waals surface area contributed by atoms with Crippen LogP contribution in [0.5, 0.6) is 0 Å². The summed E-state index contributed by atoms with van der Waals surface area (Å²) in [4.78, 5) is 2.98. The molecule has 1 N–H and O–H groups in total. The Morgan fingerprint density at radius 3 is 2.86 bits per heavy atom. The fraction of sp³-hybridized carbons (Fsp3) is 0.667. The highest BCUT2D eigenvalue weighted by Crippen LogP contribution is 2.38. The van der Waals surface area contributed by atoms with Crippen molar-refractivity contribution in [1.29, 1.82) is 0 Å². The van der Waals surface area contributed by atoms with Crippen LogP contribution in [0.15, 0.2) is 12.1 Å². The van der Waals surface area contributed by atoms with Gasteiger partial charge in [-0.3, -0.25) is 0 Å². The van der Waals surface area contributed by atoms with Gasteiger partial charge in [0.05, 0.1) is 5.54 Å². The Labute approximate surface area is 90.5 Å². The quantitative estimate of drug-likeness (QED) is 0.804. The molecule has 0 saturated carbocycles. The van der Waals surface area contributed by atoms with Crippen molar-refractivity contribution in [3.8, 4) is 0 Å². The maximum Gasteiger partial charge on any atom is 0.0529 e. The first kappa shape index (κ1) is 10.2. The standard InChI is InChI=1S/C12H19NS/c1-3-7-12(8-4-9-13-12)11-6-5-10(2)14-11/h5-6,13H,3-4,7-9H2,1-2H3. The molecule has 1 aliphatic rings. The van der Waals surface area contributed by atoms with Gasteiger partial charge in [0.15, 0.2) is 0 Å². The molecule has 1 atom stereocenters. The van der Waals surface area contributed by atoms with Crippen LogP contribution >= 0.6 is 11.3 Å². The normalized spacial score (nSPS) is 27.0. The van der Waals surface area contributed by atoms with E-state index in [2.05, 4.69) is 31.3 Å². The number of aryl methyl sites for hydroxylation is 1. The van der Waals surface area contributed by atoms with Crippen molar-refractivity contribution in [1.82, 2.24) is 5.32 Å². The highest BCUT2D eigenvalue weighted by molar-refractivity contribution is 7.12. The molecule has 1 aliphatic heterocycles. The van der Waals surface area contributed by atoms with E-state index in [-0.39, 0.29) is 0 Å². The van der Waals surface area contributed by atoms with E-state index in [4.69, 9.17) is 0 Å². The Bertz CT molecular complexity index is 297. The maximum absolute atomic E-state index is 3.71. The van der Waals surface area contributed by atoms with E-state index in [1.807, 2.05) is 11.3 Å². The van der Waals surface area contributed by atoms with Crippen LogP contribution in [-0.4, -0.2) is 6.54 Å². The predicted molar refractivity (Wildman–Crippen MR) is 62.9 cm³/mol. The first-order chi connectivity index (χ1) is 6.77. The van der Waals surface area contributed by atoms with Crippen LogP contribution < -0.4 is 5.32 Å². The largest absolute Gasteiger partial charge is 0.307 e. The van der Waals surface area contributed by atoms with E-state index in [1.165, 1.54) is 37.1 Å². The van der Waals surface area contributed by atoms with Crippen LogP contribution in [0.3, 0.4) is 0 Å². The Hall–Kier alpha value is -0.340. The molecule has 0 aliphatic carbocycles. The van der Waals surface area contributed by atoms with Crippen molar-refractivity contribution in [3.63, 3.8) is 0 Å². The van der Waals surface area contributed by atoms with Gasteiger partial charge in [0, 0.05) is 9.75 Å². The summed E-state index contributed by atoms with van der Waals surface area (Å²) in [5.41, 5.74) is 0.327. The molecular weight excluding hydrogens is 190 g/mol. The van der Waals surface area contributed by atoms with Crippen LogP contribution in [0, 0.1) is 6.92 Å². The minimum Gasteiger partial charge on any atom is -0.307 e. The molecule has 1 saturated heterocycles. The highest BCUT2D eigenvalue weighted by atomic mass is 32.1. The fourth-order valence-electron chi connectivity index (χ4n) is 2.47. The molecule has 1 fully saturated rings. The number of hydrogen-bond donors (Lipinski definition) is 1. The lowest BCUT2D eigenvalue weighted by molar-refractivity contribution is 0.363. The third-order valence-electron chi connectivity index (χ3n) is 3.13. The lowest BCUT2D eigenvalue weighted by Gasteiger charge is -2.28. The lowest BCUT2D eigenvalue weighted by atomic mass is 9.90. The molecule has 0 bridgehead atoms. The minimum absolute atomic E-state index is 0.327. The van der Waals surface area contributed by atoms with Gasteiger partial charge in [-0.15, -0.1) is 11.3 Å². The average molecular weight is 209 g/mol. The number of thiophene rings is 1. The summed E-state index contributed by atoms with van der Waals surface area (Å²) in [6.45, 7) is 5.67. The third-order valence-corrected chi connectivity index (χ3v) is 4.34. The van der Waals surface area contributed by atoms with E-state index >= 15 is 0 Å². The Morgan fingerprint density at radius 2 is 2.36 bits per heavy atom. The molecule has 1 unspecified atom stereocenters. The molecular formula is C12H19NS. The first-order valence-electron chi connectivity index (χ1n) is 5.59. The number of hydrogen-bond acceptors (Lipinski definition) is 2.